The zero-order chi connectivity index (χ0) is 17.2. The molecule has 1 unspecified atom stereocenters. The Bertz CT molecular complexity index is 875. The Labute approximate surface area is 149 Å². The van der Waals surface area contributed by atoms with E-state index in [1.165, 1.54) is 11.8 Å². The largest absolute Gasteiger partial charge is 0.497 e. The third-order valence-corrected chi connectivity index (χ3v) is 4.70. The van der Waals surface area contributed by atoms with Crippen LogP contribution in [-0.4, -0.2) is 39.5 Å². The quantitative estimate of drug-likeness (QED) is 0.552. The van der Waals surface area contributed by atoms with Gasteiger partial charge in [0.2, 0.25) is 0 Å². The van der Waals surface area contributed by atoms with E-state index in [0.717, 1.165) is 42.0 Å². The van der Waals surface area contributed by atoms with Crippen molar-refractivity contribution in [2.24, 2.45) is 0 Å². The number of anilines is 2. The molecule has 1 aliphatic rings. The first-order chi connectivity index (χ1) is 12.3. The average molecular weight is 357 g/mol. The van der Waals surface area contributed by atoms with E-state index < -0.39 is 0 Å². The predicted molar refractivity (Wildman–Crippen MR) is 97.6 cm³/mol. The van der Waals surface area contributed by atoms with E-state index in [2.05, 4.69) is 20.3 Å². The van der Waals surface area contributed by atoms with E-state index in [0.29, 0.717) is 11.0 Å². The van der Waals surface area contributed by atoms with Gasteiger partial charge in [0.15, 0.2) is 22.1 Å². The summed E-state index contributed by atoms with van der Waals surface area (Å²) >= 11 is 1.50. The number of fused-ring (bicyclic) bond motifs is 1. The van der Waals surface area contributed by atoms with Gasteiger partial charge in [-0.15, -0.1) is 0 Å². The molecular formula is C17H19N5O2S. The number of nitrogens with one attached hydrogen (secondary N) is 1. The molecule has 1 aromatic carbocycles. The maximum Gasteiger partial charge on any atom is 0.191 e. The Morgan fingerprint density at radius 3 is 2.80 bits per heavy atom. The van der Waals surface area contributed by atoms with Gasteiger partial charge in [0.05, 0.1) is 13.4 Å². The molecule has 25 heavy (non-hydrogen) atoms. The van der Waals surface area contributed by atoms with E-state index in [1.54, 1.807) is 13.4 Å². The minimum Gasteiger partial charge on any atom is -0.497 e. The van der Waals surface area contributed by atoms with Gasteiger partial charge in [0, 0.05) is 12.3 Å². The maximum atomic E-state index is 5.78. The molecule has 0 aliphatic carbocycles. The van der Waals surface area contributed by atoms with Crippen molar-refractivity contribution >= 4 is 34.4 Å². The van der Waals surface area contributed by atoms with Crippen LogP contribution in [0.3, 0.4) is 0 Å². The van der Waals surface area contributed by atoms with Crippen LogP contribution < -0.4 is 10.1 Å². The van der Waals surface area contributed by atoms with Gasteiger partial charge in [0.1, 0.15) is 12.0 Å². The molecule has 7 nitrogen and oxygen atoms in total. The summed E-state index contributed by atoms with van der Waals surface area (Å²) in [7, 11) is 1.65. The molecule has 0 radical (unpaired) electrons. The smallest absolute Gasteiger partial charge is 0.191 e. The minimum atomic E-state index is 0.00319. The second kappa shape index (κ2) is 6.89. The Balaban J connectivity index is 1.74. The number of benzene rings is 1. The van der Waals surface area contributed by atoms with Crippen LogP contribution in [0.15, 0.2) is 35.7 Å². The van der Waals surface area contributed by atoms with Crippen LogP contribution in [0.2, 0.25) is 0 Å². The van der Waals surface area contributed by atoms with Crippen LogP contribution >= 0.6 is 11.8 Å². The van der Waals surface area contributed by atoms with E-state index in [-0.39, 0.29) is 6.23 Å². The molecular weight excluding hydrogens is 338 g/mol. The van der Waals surface area contributed by atoms with Crippen molar-refractivity contribution in [3.8, 4) is 5.75 Å². The summed E-state index contributed by atoms with van der Waals surface area (Å²) in [5.74, 6) is 1.50. The molecule has 0 amide bonds. The van der Waals surface area contributed by atoms with Crippen molar-refractivity contribution in [3.63, 3.8) is 0 Å². The van der Waals surface area contributed by atoms with E-state index in [4.69, 9.17) is 9.47 Å². The lowest BCUT2D eigenvalue weighted by Gasteiger charge is -2.13. The summed E-state index contributed by atoms with van der Waals surface area (Å²) in [5.41, 5.74) is 2.45. The normalized spacial score (nSPS) is 17.1. The fourth-order valence-corrected chi connectivity index (χ4v) is 3.24. The highest BCUT2D eigenvalue weighted by molar-refractivity contribution is 7.98. The molecule has 3 aromatic rings. The SMILES string of the molecule is COc1ccc(Nc2nc(SC)nc3c2ncn3C2CCCO2)cc1. The highest BCUT2D eigenvalue weighted by Crippen LogP contribution is 2.30. The average Bonchev–Trinajstić information content (AvgIpc) is 3.31. The van der Waals surface area contributed by atoms with Crippen LogP contribution in [0.1, 0.15) is 19.1 Å². The Morgan fingerprint density at radius 2 is 2.12 bits per heavy atom. The maximum absolute atomic E-state index is 5.78. The molecule has 0 spiro atoms. The second-order valence-corrected chi connectivity index (χ2v) is 6.48. The second-order valence-electron chi connectivity index (χ2n) is 5.70. The number of methoxy groups -OCH3 is 1. The van der Waals surface area contributed by atoms with Crippen LogP contribution in [0.5, 0.6) is 5.75 Å². The molecule has 1 N–H and O–H groups in total. The predicted octanol–water partition coefficient (Wildman–Crippen LogP) is 3.61. The Hall–Kier alpha value is -2.32. The zero-order valence-electron chi connectivity index (χ0n) is 14.1. The number of nitrogens with zero attached hydrogens (tertiary/aromatic N) is 4. The van der Waals surface area contributed by atoms with Gasteiger partial charge in [-0.3, -0.25) is 4.57 Å². The molecule has 1 fully saturated rings. The number of aromatic nitrogens is 4. The zero-order valence-corrected chi connectivity index (χ0v) is 14.9. The summed E-state index contributed by atoms with van der Waals surface area (Å²) in [6, 6.07) is 7.70. The molecule has 8 heteroatoms. The molecule has 3 heterocycles. The van der Waals surface area contributed by atoms with Gasteiger partial charge in [-0.25, -0.2) is 15.0 Å². The first kappa shape index (κ1) is 16.2. The van der Waals surface area contributed by atoms with Crippen molar-refractivity contribution in [3.05, 3.63) is 30.6 Å². The number of imidazole rings is 1. The molecule has 0 bridgehead atoms. The summed E-state index contributed by atoms with van der Waals surface area (Å²) in [6.07, 6.45) is 5.79. The highest BCUT2D eigenvalue weighted by Gasteiger charge is 2.22. The highest BCUT2D eigenvalue weighted by atomic mass is 32.2. The van der Waals surface area contributed by atoms with Gasteiger partial charge in [-0.1, -0.05) is 11.8 Å². The van der Waals surface area contributed by atoms with Crippen molar-refractivity contribution in [2.45, 2.75) is 24.2 Å². The Kier molecular flexibility index (Phi) is 4.46. The molecule has 1 atom stereocenters. The number of rotatable bonds is 5. The van der Waals surface area contributed by atoms with Gasteiger partial charge >= 0.3 is 0 Å². The van der Waals surface area contributed by atoms with Crippen LogP contribution in [0, 0.1) is 0 Å². The van der Waals surface area contributed by atoms with Crippen molar-refractivity contribution in [2.75, 3.05) is 25.3 Å². The molecule has 0 saturated carbocycles. The summed E-state index contributed by atoms with van der Waals surface area (Å²) in [6.45, 7) is 0.780. The lowest BCUT2D eigenvalue weighted by molar-refractivity contribution is 0.0592. The Morgan fingerprint density at radius 1 is 1.28 bits per heavy atom. The van der Waals surface area contributed by atoms with Crippen LogP contribution in [0.25, 0.3) is 11.2 Å². The van der Waals surface area contributed by atoms with E-state index >= 15 is 0 Å². The number of ether oxygens (including phenoxy) is 2. The third kappa shape index (κ3) is 3.14. The lowest BCUT2D eigenvalue weighted by Crippen LogP contribution is -2.07. The minimum absolute atomic E-state index is 0.00319. The fraction of sp³-hybridized carbons (Fsp3) is 0.353. The first-order valence-corrected chi connectivity index (χ1v) is 9.32. The monoisotopic (exact) mass is 357 g/mol. The third-order valence-electron chi connectivity index (χ3n) is 4.15. The summed E-state index contributed by atoms with van der Waals surface area (Å²) < 4.78 is 13.0. The molecule has 1 saturated heterocycles. The van der Waals surface area contributed by atoms with E-state index in [1.807, 2.05) is 35.1 Å². The van der Waals surface area contributed by atoms with Crippen LogP contribution in [0.4, 0.5) is 11.5 Å². The van der Waals surface area contributed by atoms with Gasteiger partial charge < -0.3 is 14.8 Å². The van der Waals surface area contributed by atoms with Gasteiger partial charge in [-0.05, 0) is 43.4 Å². The van der Waals surface area contributed by atoms with Crippen molar-refractivity contribution in [1.29, 1.82) is 0 Å². The molecule has 1 aliphatic heterocycles. The van der Waals surface area contributed by atoms with Gasteiger partial charge in [0.25, 0.3) is 0 Å². The standard InChI is InChI=1S/C17H19N5O2S/c1-23-12-7-5-11(6-8-12)19-15-14-16(21-17(20-15)25-2)22(10-18-14)13-4-3-9-24-13/h5-8,10,13H,3-4,9H2,1-2H3,(H,19,20,21). The van der Waals surface area contributed by atoms with Crippen molar-refractivity contribution in [1.82, 2.24) is 19.5 Å². The number of hydrogen-bond donors (Lipinski definition) is 1. The number of hydrogen-bond acceptors (Lipinski definition) is 7. The van der Waals surface area contributed by atoms with E-state index in [9.17, 15) is 0 Å². The molecule has 130 valence electrons. The summed E-state index contributed by atoms with van der Waals surface area (Å²) in [4.78, 5) is 13.8. The molecule has 4 rings (SSSR count). The van der Waals surface area contributed by atoms with Crippen molar-refractivity contribution < 1.29 is 9.47 Å². The number of thioether (sulfide) groups is 1. The van der Waals surface area contributed by atoms with Crippen LogP contribution in [-0.2, 0) is 4.74 Å². The lowest BCUT2D eigenvalue weighted by atomic mass is 10.3. The summed E-state index contributed by atoms with van der Waals surface area (Å²) in [5, 5.41) is 4.04. The first-order valence-electron chi connectivity index (χ1n) is 8.09. The topological polar surface area (TPSA) is 74.1 Å². The fourth-order valence-electron chi connectivity index (χ4n) is 2.88. The van der Waals surface area contributed by atoms with Gasteiger partial charge in [-0.2, -0.15) is 0 Å². The molecule has 2 aromatic heterocycles.